The van der Waals surface area contributed by atoms with Crippen molar-refractivity contribution in [3.63, 3.8) is 0 Å². The number of carbonyl (C=O) groups excluding carboxylic acids is 1. The fourth-order valence-electron chi connectivity index (χ4n) is 1.28. The van der Waals surface area contributed by atoms with E-state index < -0.39 is 0 Å². The summed E-state index contributed by atoms with van der Waals surface area (Å²) in [6.07, 6.45) is 0. The van der Waals surface area contributed by atoms with E-state index in [0.717, 1.165) is 0 Å². The second-order valence-electron chi connectivity index (χ2n) is 3.27. The first-order valence-electron chi connectivity index (χ1n) is 4.53. The van der Waals surface area contributed by atoms with Crippen LogP contribution in [0.2, 0.25) is 0 Å². The molecular weight excluding hydrogens is 211 g/mol. The first-order chi connectivity index (χ1) is 7.18. The van der Waals surface area contributed by atoms with E-state index in [1.165, 1.54) is 17.4 Å². The van der Waals surface area contributed by atoms with Gasteiger partial charge in [0.2, 0.25) is 5.78 Å². The molecule has 0 aliphatic heterocycles. The smallest absolute Gasteiger partial charge is 0.203 e. The van der Waals surface area contributed by atoms with Crippen LogP contribution in [0.4, 0.5) is 4.39 Å². The Bertz CT molecular complexity index is 488. The summed E-state index contributed by atoms with van der Waals surface area (Å²) in [6, 6.07) is 8.11. The van der Waals surface area contributed by atoms with Crippen LogP contribution in [0, 0.1) is 12.7 Å². The van der Waals surface area contributed by atoms with Crippen molar-refractivity contribution in [3.05, 3.63) is 57.5 Å². The number of hydrogen-bond donors (Lipinski definition) is 0. The Balaban J connectivity index is 2.39. The topological polar surface area (TPSA) is 17.1 Å². The van der Waals surface area contributed by atoms with Crippen molar-refractivity contribution in [1.29, 1.82) is 0 Å². The Morgan fingerprint density at radius 3 is 2.73 bits per heavy atom. The zero-order chi connectivity index (χ0) is 10.8. The van der Waals surface area contributed by atoms with Crippen molar-refractivity contribution in [2.45, 2.75) is 6.92 Å². The van der Waals surface area contributed by atoms with Crippen LogP contribution in [0.25, 0.3) is 0 Å². The van der Waals surface area contributed by atoms with Crippen LogP contribution in [-0.4, -0.2) is 5.78 Å². The molecule has 0 fully saturated rings. The SMILES string of the molecule is Cc1ccc(C(=O)c2cccs2)cc1F. The number of aryl methyl sites for hydroxylation is 1. The summed E-state index contributed by atoms with van der Waals surface area (Å²) in [5, 5.41) is 1.83. The Hall–Kier alpha value is -1.48. The molecular formula is C12H9FOS. The molecule has 15 heavy (non-hydrogen) atoms. The average Bonchev–Trinajstić information content (AvgIpc) is 2.74. The van der Waals surface area contributed by atoms with Gasteiger partial charge < -0.3 is 0 Å². The van der Waals surface area contributed by atoms with Gasteiger partial charge in [0.1, 0.15) is 5.82 Å². The monoisotopic (exact) mass is 220 g/mol. The molecule has 0 radical (unpaired) electrons. The zero-order valence-electron chi connectivity index (χ0n) is 8.16. The fraction of sp³-hybridized carbons (Fsp3) is 0.0833. The molecule has 0 aliphatic rings. The van der Waals surface area contributed by atoms with Gasteiger partial charge in [0.15, 0.2) is 0 Å². The third-order valence-electron chi connectivity index (χ3n) is 2.18. The van der Waals surface area contributed by atoms with E-state index in [1.54, 1.807) is 25.1 Å². The van der Waals surface area contributed by atoms with E-state index in [9.17, 15) is 9.18 Å². The lowest BCUT2D eigenvalue weighted by atomic mass is 10.1. The molecule has 2 rings (SSSR count). The maximum Gasteiger partial charge on any atom is 0.203 e. The molecule has 1 aromatic carbocycles. The standard InChI is InChI=1S/C12H9FOS/c1-8-4-5-9(7-10(8)13)12(14)11-3-2-6-15-11/h2-7H,1H3. The van der Waals surface area contributed by atoms with Gasteiger partial charge in [0.25, 0.3) is 0 Å². The normalized spacial score (nSPS) is 10.3. The summed E-state index contributed by atoms with van der Waals surface area (Å²) < 4.78 is 13.2. The molecule has 0 N–H and O–H groups in total. The summed E-state index contributed by atoms with van der Waals surface area (Å²) in [5.41, 5.74) is 0.957. The highest BCUT2D eigenvalue weighted by atomic mass is 32.1. The van der Waals surface area contributed by atoms with Gasteiger partial charge in [0.05, 0.1) is 4.88 Å². The highest BCUT2D eigenvalue weighted by Crippen LogP contribution is 2.17. The Morgan fingerprint density at radius 1 is 1.33 bits per heavy atom. The van der Waals surface area contributed by atoms with Crippen molar-refractivity contribution in [2.24, 2.45) is 0 Å². The van der Waals surface area contributed by atoms with Crippen molar-refractivity contribution < 1.29 is 9.18 Å². The van der Waals surface area contributed by atoms with E-state index in [4.69, 9.17) is 0 Å². The third-order valence-corrected chi connectivity index (χ3v) is 3.05. The lowest BCUT2D eigenvalue weighted by Crippen LogP contribution is -1.99. The fourth-order valence-corrected chi connectivity index (χ4v) is 1.97. The predicted octanol–water partition coefficient (Wildman–Crippen LogP) is 3.43. The van der Waals surface area contributed by atoms with Crippen molar-refractivity contribution >= 4 is 17.1 Å². The summed E-state index contributed by atoms with van der Waals surface area (Å²) in [4.78, 5) is 12.5. The highest BCUT2D eigenvalue weighted by Gasteiger charge is 2.11. The zero-order valence-corrected chi connectivity index (χ0v) is 8.98. The van der Waals surface area contributed by atoms with Gasteiger partial charge in [-0.1, -0.05) is 18.2 Å². The largest absolute Gasteiger partial charge is 0.288 e. The molecule has 0 saturated heterocycles. The van der Waals surface area contributed by atoms with E-state index >= 15 is 0 Å². The van der Waals surface area contributed by atoms with Gasteiger partial charge in [-0.05, 0) is 30.0 Å². The third kappa shape index (κ3) is 1.97. The van der Waals surface area contributed by atoms with Crippen LogP contribution in [0.1, 0.15) is 20.8 Å². The minimum absolute atomic E-state index is 0.121. The number of hydrogen-bond acceptors (Lipinski definition) is 2. The predicted molar refractivity (Wildman–Crippen MR) is 58.9 cm³/mol. The molecule has 0 atom stereocenters. The van der Waals surface area contributed by atoms with Crippen LogP contribution in [0.5, 0.6) is 0 Å². The quantitative estimate of drug-likeness (QED) is 0.709. The number of rotatable bonds is 2. The number of carbonyl (C=O) groups is 1. The Morgan fingerprint density at radius 2 is 2.13 bits per heavy atom. The molecule has 0 saturated carbocycles. The molecule has 76 valence electrons. The van der Waals surface area contributed by atoms with Gasteiger partial charge in [-0.2, -0.15) is 0 Å². The van der Waals surface area contributed by atoms with Gasteiger partial charge in [-0.3, -0.25) is 4.79 Å². The molecule has 0 aliphatic carbocycles. The molecule has 0 bridgehead atoms. The Kier molecular flexibility index (Phi) is 2.64. The molecule has 2 aromatic rings. The summed E-state index contributed by atoms with van der Waals surface area (Å²) in [6.45, 7) is 1.68. The molecule has 0 amide bonds. The second kappa shape index (κ2) is 3.95. The second-order valence-corrected chi connectivity index (χ2v) is 4.22. The van der Waals surface area contributed by atoms with Crippen LogP contribution in [0.3, 0.4) is 0 Å². The first kappa shape index (κ1) is 10.1. The van der Waals surface area contributed by atoms with Crippen LogP contribution >= 0.6 is 11.3 Å². The molecule has 1 heterocycles. The molecule has 1 aromatic heterocycles. The first-order valence-corrected chi connectivity index (χ1v) is 5.41. The molecule has 3 heteroatoms. The number of benzene rings is 1. The van der Waals surface area contributed by atoms with Gasteiger partial charge >= 0.3 is 0 Å². The number of halogens is 1. The summed E-state index contributed by atoms with van der Waals surface area (Å²) in [5.74, 6) is -0.457. The van der Waals surface area contributed by atoms with E-state index in [1.807, 2.05) is 11.4 Å². The number of thiophene rings is 1. The van der Waals surface area contributed by atoms with E-state index in [2.05, 4.69) is 0 Å². The highest BCUT2D eigenvalue weighted by molar-refractivity contribution is 7.12. The van der Waals surface area contributed by atoms with Crippen molar-refractivity contribution in [3.8, 4) is 0 Å². The molecule has 1 nitrogen and oxygen atoms in total. The molecule has 0 spiro atoms. The maximum absolute atomic E-state index is 13.2. The van der Waals surface area contributed by atoms with Gasteiger partial charge in [-0.25, -0.2) is 4.39 Å². The lowest BCUT2D eigenvalue weighted by molar-refractivity contribution is 0.104. The van der Waals surface area contributed by atoms with Crippen molar-refractivity contribution in [1.82, 2.24) is 0 Å². The van der Waals surface area contributed by atoms with E-state index in [-0.39, 0.29) is 11.6 Å². The summed E-state index contributed by atoms with van der Waals surface area (Å²) >= 11 is 1.36. The van der Waals surface area contributed by atoms with Gasteiger partial charge in [0, 0.05) is 5.56 Å². The van der Waals surface area contributed by atoms with Crippen LogP contribution < -0.4 is 0 Å². The van der Waals surface area contributed by atoms with Crippen LogP contribution in [0.15, 0.2) is 35.7 Å². The Labute approximate surface area is 91.2 Å². The number of ketones is 1. The molecule has 0 unspecified atom stereocenters. The minimum atomic E-state index is -0.336. The summed E-state index contributed by atoms with van der Waals surface area (Å²) in [7, 11) is 0. The lowest BCUT2D eigenvalue weighted by Gasteiger charge is -2.00. The van der Waals surface area contributed by atoms with Crippen LogP contribution in [-0.2, 0) is 0 Å². The average molecular weight is 220 g/mol. The van der Waals surface area contributed by atoms with Crippen molar-refractivity contribution in [2.75, 3.05) is 0 Å². The van der Waals surface area contributed by atoms with Gasteiger partial charge in [-0.15, -0.1) is 11.3 Å². The van der Waals surface area contributed by atoms with E-state index in [0.29, 0.717) is 16.0 Å². The minimum Gasteiger partial charge on any atom is -0.288 e. The maximum atomic E-state index is 13.2.